The molecule has 1 aromatic heterocycles. The van der Waals surface area contributed by atoms with Crippen LogP contribution in [0.2, 0.25) is 5.02 Å². The highest BCUT2D eigenvalue weighted by atomic mass is 35.5. The molecule has 0 spiro atoms. The predicted molar refractivity (Wildman–Crippen MR) is 118 cm³/mol. The average Bonchev–Trinajstić information content (AvgIpc) is 3.17. The number of morpholine rings is 1. The summed E-state index contributed by atoms with van der Waals surface area (Å²) in [6.45, 7) is 5.41. The lowest BCUT2D eigenvalue weighted by Gasteiger charge is -2.26. The molecule has 0 bridgehead atoms. The number of methoxy groups -OCH3 is 1. The number of hydrogen-bond donors (Lipinski definition) is 0. The van der Waals surface area contributed by atoms with Crippen LogP contribution in [0.15, 0.2) is 58.9 Å². The van der Waals surface area contributed by atoms with Crippen LogP contribution in [0.25, 0.3) is 11.3 Å². The van der Waals surface area contributed by atoms with Crippen LogP contribution in [0.1, 0.15) is 0 Å². The van der Waals surface area contributed by atoms with E-state index in [-0.39, 0.29) is 0 Å². The van der Waals surface area contributed by atoms with E-state index >= 15 is 0 Å². The van der Waals surface area contributed by atoms with Gasteiger partial charge in [-0.25, -0.2) is 4.99 Å². The van der Waals surface area contributed by atoms with Crippen molar-refractivity contribution in [2.45, 2.75) is 6.54 Å². The molecule has 2 heterocycles. The van der Waals surface area contributed by atoms with Crippen LogP contribution in [-0.4, -0.2) is 49.4 Å². The SMILES string of the molecule is COc1ccc(-c2csc(=Nc3ccc(Cl)cc3)n2CCN2CCOCC2)cc1. The Balaban J connectivity index is 1.67. The molecule has 0 atom stereocenters. The summed E-state index contributed by atoms with van der Waals surface area (Å²) in [6.07, 6.45) is 0. The van der Waals surface area contributed by atoms with Crippen LogP contribution in [0, 0.1) is 0 Å². The summed E-state index contributed by atoms with van der Waals surface area (Å²) in [5.74, 6) is 0.856. The highest BCUT2D eigenvalue weighted by Crippen LogP contribution is 2.24. The Morgan fingerprint density at radius 3 is 2.45 bits per heavy atom. The number of halogens is 1. The first-order valence-corrected chi connectivity index (χ1v) is 10.9. The summed E-state index contributed by atoms with van der Waals surface area (Å²) in [4.78, 5) is 8.30. The van der Waals surface area contributed by atoms with Gasteiger partial charge in [-0.1, -0.05) is 11.6 Å². The smallest absolute Gasteiger partial charge is 0.190 e. The molecule has 1 fully saturated rings. The van der Waals surface area contributed by atoms with Gasteiger partial charge in [-0.15, -0.1) is 11.3 Å². The lowest BCUT2D eigenvalue weighted by Crippen LogP contribution is -2.39. The molecule has 0 N–H and O–H groups in total. The normalized spacial score (nSPS) is 15.6. The van der Waals surface area contributed by atoms with E-state index < -0.39 is 0 Å². The van der Waals surface area contributed by atoms with Gasteiger partial charge in [0, 0.05) is 36.6 Å². The Labute approximate surface area is 179 Å². The van der Waals surface area contributed by atoms with Gasteiger partial charge in [0.15, 0.2) is 4.80 Å². The van der Waals surface area contributed by atoms with Crippen LogP contribution < -0.4 is 9.54 Å². The van der Waals surface area contributed by atoms with Gasteiger partial charge in [0.1, 0.15) is 5.75 Å². The van der Waals surface area contributed by atoms with Crippen molar-refractivity contribution in [2.24, 2.45) is 4.99 Å². The maximum Gasteiger partial charge on any atom is 0.190 e. The molecule has 1 saturated heterocycles. The van der Waals surface area contributed by atoms with Gasteiger partial charge in [0.2, 0.25) is 0 Å². The fourth-order valence-electron chi connectivity index (χ4n) is 3.32. The van der Waals surface area contributed by atoms with Crippen molar-refractivity contribution >= 4 is 28.6 Å². The zero-order chi connectivity index (χ0) is 20.1. The van der Waals surface area contributed by atoms with Crippen molar-refractivity contribution < 1.29 is 9.47 Å². The van der Waals surface area contributed by atoms with E-state index in [4.69, 9.17) is 26.1 Å². The maximum atomic E-state index is 6.02. The second-order valence-corrected chi connectivity index (χ2v) is 8.10. The van der Waals surface area contributed by atoms with Crippen LogP contribution in [0.4, 0.5) is 5.69 Å². The van der Waals surface area contributed by atoms with Crippen molar-refractivity contribution in [1.82, 2.24) is 9.47 Å². The summed E-state index contributed by atoms with van der Waals surface area (Å²) in [5.41, 5.74) is 3.22. The van der Waals surface area contributed by atoms with Gasteiger partial charge in [-0.05, 0) is 54.1 Å². The topological polar surface area (TPSA) is 39.0 Å². The van der Waals surface area contributed by atoms with E-state index in [0.29, 0.717) is 5.02 Å². The number of rotatable bonds is 6. The minimum atomic E-state index is 0.717. The molecule has 3 aromatic rings. The van der Waals surface area contributed by atoms with E-state index in [1.807, 2.05) is 36.4 Å². The molecule has 29 heavy (non-hydrogen) atoms. The first-order chi connectivity index (χ1) is 14.2. The second-order valence-electron chi connectivity index (χ2n) is 6.83. The molecule has 152 valence electrons. The quantitative estimate of drug-likeness (QED) is 0.581. The van der Waals surface area contributed by atoms with E-state index in [9.17, 15) is 0 Å². The fraction of sp³-hybridized carbons (Fsp3) is 0.318. The monoisotopic (exact) mass is 429 g/mol. The van der Waals surface area contributed by atoms with Gasteiger partial charge in [0.05, 0.1) is 31.7 Å². The van der Waals surface area contributed by atoms with Gasteiger partial charge in [-0.2, -0.15) is 0 Å². The Morgan fingerprint density at radius 1 is 1.03 bits per heavy atom. The molecule has 0 unspecified atom stereocenters. The number of aromatic nitrogens is 1. The summed E-state index contributed by atoms with van der Waals surface area (Å²) < 4.78 is 13.1. The average molecular weight is 430 g/mol. The Morgan fingerprint density at radius 2 is 1.76 bits per heavy atom. The first kappa shape index (κ1) is 20.2. The van der Waals surface area contributed by atoms with Crippen LogP contribution in [0.5, 0.6) is 5.75 Å². The predicted octanol–water partition coefficient (Wildman–Crippen LogP) is 4.44. The van der Waals surface area contributed by atoms with Crippen molar-refractivity contribution in [3.63, 3.8) is 0 Å². The molecule has 0 aliphatic carbocycles. The lowest BCUT2D eigenvalue weighted by molar-refractivity contribution is 0.0363. The largest absolute Gasteiger partial charge is 0.497 e. The highest BCUT2D eigenvalue weighted by molar-refractivity contribution is 7.07. The summed E-state index contributed by atoms with van der Waals surface area (Å²) in [7, 11) is 1.69. The number of hydrogen-bond acceptors (Lipinski definition) is 5. The molecule has 0 saturated carbocycles. The van der Waals surface area contributed by atoms with E-state index in [2.05, 4.69) is 27.0 Å². The summed E-state index contributed by atoms with van der Waals surface area (Å²) in [5, 5.41) is 2.89. The van der Waals surface area contributed by atoms with Gasteiger partial charge < -0.3 is 14.0 Å². The van der Waals surface area contributed by atoms with Crippen LogP contribution >= 0.6 is 22.9 Å². The molecular weight excluding hydrogens is 406 g/mol. The summed E-state index contributed by atoms with van der Waals surface area (Å²) in [6, 6.07) is 15.8. The molecule has 4 rings (SSSR count). The Bertz CT molecular complexity index is 990. The third-order valence-electron chi connectivity index (χ3n) is 4.98. The van der Waals surface area contributed by atoms with E-state index in [1.165, 1.54) is 5.69 Å². The third-order valence-corrected chi connectivity index (χ3v) is 6.09. The minimum Gasteiger partial charge on any atom is -0.497 e. The number of ether oxygens (including phenoxy) is 2. The zero-order valence-electron chi connectivity index (χ0n) is 16.4. The van der Waals surface area contributed by atoms with E-state index in [0.717, 1.165) is 61.2 Å². The molecule has 5 nitrogen and oxygen atoms in total. The fourth-order valence-corrected chi connectivity index (χ4v) is 4.40. The number of nitrogens with zero attached hydrogens (tertiary/aromatic N) is 3. The number of benzene rings is 2. The summed E-state index contributed by atoms with van der Waals surface area (Å²) >= 11 is 7.68. The Hall–Kier alpha value is -2.12. The molecule has 0 radical (unpaired) electrons. The van der Waals surface area contributed by atoms with Crippen LogP contribution in [0.3, 0.4) is 0 Å². The second kappa shape index (κ2) is 9.59. The molecule has 1 aliphatic rings. The van der Waals surface area contributed by atoms with Crippen molar-refractivity contribution in [3.8, 4) is 17.0 Å². The van der Waals surface area contributed by atoms with Gasteiger partial charge >= 0.3 is 0 Å². The maximum absolute atomic E-state index is 6.02. The van der Waals surface area contributed by atoms with Crippen LogP contribution in [-0.2, 0) is 11.3 Å². The van der Waals surface area contributed by atoms with Gasteiger partial charge in [0.25, 0.3) is 0 Å². The minimum absolute atomic E-state index is 0.717. The van der Waals surface area contributed by atoms with Crippen molar-refractivity contribution in [2.75, 3.05) is 40.0 Å². The molecular formula is C22H24ClN3O2S. The Kier molecular flexibility index (Phi) is 6.67. The highest BCUT2D eigenvalue weighted by Gasteiger charge is 2.13. The third kappa shape index (κ3) is 5.08. The van der Waals surface area contributed by atoms with E-state index in [1.54, 1.807) is 18.4 Å². The van der Waals surface area contributed by atoms with Gasteiger partial charge in [-0.3, -0.25) is 4.90 Å². The van der Waals surface area contributed by atoms with Crippen molar-refractivity contribution in [1.29, 1.82) is 0 Å². The molecule has 1 aliphatic heterocycles. The molecule has 0 amide bonds. The zero-order valence-corrected chi connectivity index (χ0v) is 18.0. The standard InChI is InChI=1S/C22H24ClN3O2S/c1-27-20-8-2-17(3-9-20)21-16-29-22(24-19-6-4-18(23)5-7-19)26(21)11-10-25-12-14-28-15-13-25/h2-9,16H,10-15H2,1H3. The molecule has 2 aromatic carbocycles. The van der Waals surface area contributed by atoms with Crippen molar-refractivity contribution in [3.05, 3.63) is 63.7 Å². The molecule has 7 heteroatoms. The lowest BCUT2D eigenvalue weighted by atomic mass is 10.1. The first-order valence-electron chi connectivity index (χ1n) is 9.66. The number of thiazole rings is 1.